The van der Waals surface area contributed by atoms with E-state index in [0.717, 1.165) is 15.8 Å². The maximum atomic E-state index is 12.8. The fourth-order valence-electron chi connectivity index (χ4n) is 2.57. The molecule has 0 aromatic heterocycles. The van der Waals surface area contributed by atoms with Gasteiger partial charge in [-0.05, 0) is 42.8 Å². The Morgan fingerprint density at radius 2 is 1.70 bits per heavy atom. The molecule has 138 valence electrons. The van der Waals surface area contributed by atoms with E-state index in [9.17, 15) is 14.4 Å². The van der Waals surface area contributed by atoms with Crippen molar-refractivity contribution < 1.29 is 19.1 Å². The number of halogens is 1. The summed E-state index contributed by atoms with van der Waals surface area (Å²) in [5, 5.41) is 2.93. The van der Waals surface area contributed by atoms with Gasteiger partial charge in [0.05, 0.1) is 12.3 Å². The first-order valence-electron chi connectivity index (χ1n) is 8.26. The van der Waals surface area contributed by atoms with Crippen LogP contribution in [0.2, 0.25) is 0 Å². The Hall–Kier alpha value is -2.93. The second kappa shape index (κ2) is 8.18. The predicted octanol–water partition coefficient (Wildman–Crippen LogP) is 3.44. The molecule has 2 aromatic carbocycles. The zero-order valence-electron chi connectivity index (χ0n) is 14.6. The van der Waals surface area contributed by atoms with Crippen molar-refractivity contribution in [3.63, 3.8) is 0 Å². The van der Waals surface area contributed by atoms with Crippen LogP contribution in [-0.4, -0.2) is 29.8 Å². The number of barbiturate groups is 1. The van der Waals surface area contributed by atoms with Crippen LogP contribution >= 0.6 is 15.9 Å². The average Bonchev–Trinajstić information content (AvgIpc) is 2.66. The first-order chi connectivity index (χ1) is 13.0. The molecule has 1 heterocycles. The number of rotatable bonds is 5. The van der Waals surface area contributed by atoms with Crippen LogP contribution in [0.5, 0.6) is 5.75 Å². The van der Waals surface area contributed by atoms with Gasteiger partial charge in [0, 0.05) is 5.33 Å². The molecule has 1 aliphatic heterocycles. The number of urea groups is 1. The molecule has 0 spiro atoms. The maximum absolute atomic E-state index is 12.8. The van der Waals surface area contributed by atoms with E-state index in [-0.39, 0.29) is 5.57 Å². The number of hydrogen-bond acceptors (Lipinski definition) is 4. The lowest BCUT2D eigenvalue weighted by molar-refractivity contribution is -0.122. The van der Waals surface area contributed by atoms with Gasteiger partial charge in [-0.1, -0.05) is 45.8 Å². The summed E-state index contributed by atoms with van der Waals surface area (Å²) in [5.41, 5.74) is 1.94. The largest absolute Gasteiger partial charge is 0.493 e. The van der Waals surface area contributed by atoms with Gasteiger partial charge in [0.25, 0.3) is 11.8 Å². The molecule has 0 aliphatic carbocycles. The molecular weight excluding hydrogens is 412 g/mol. The average molecular weight is 429 g/mol. The Bertz CT molecular complexity index is 905. The van der Waals surface area contributed by atoms with E-state index in [1.54, 1.807) is 48.5 Å². The molecule has 6 nitrogen and oxygen atoms in total. The van der Waals surface area contributed by atoms with E-state index in [0.29, 0.717) is 23.6 Å². The van der Waals surface area contributed by atoms with Crippen LogP contribution in [0, 0.1) is 6.92 Å². The topological polar surface area (TPSA) is 75.7 Å². The Labute approximate surface area is 164 Å². The van der Waals surface area contributed by atoms with Gasteiger partial charge in [0.15, 0.2) is 0 Å². The minimum Gasteiger partial charge on any atom is -0.493 e. The van der Waals surface area contributed by atoms with Gasteiger partial charge in [-0.25, -0.2) is 9.69 Å². The monoisotopic (exact) mass is 428 g/mol. The third kappa shape index (κ3) is 4.25. The lowest BCUT2D eigenvalue weighted by Crippen LogP contribution is -2.54. The van der Waals surface area contributed by atoms with Crippen LogP contribution in [0.3, 0.4) is 0 Å². The highest BCUT2D eigenvalue weighted by Gasteiger charge is 2.36. The van der Waals surface area contributed by atoms with Gasteiger partial charge in [-0.3, -0.25) is 14.9 Å². The van der Waals surface area contributed by atoms with Crippen molar-refractivity contribution in [2.24, 2.45) is 0 Å². The molecule has 0 unspecified atom stereocenters. The minimum absolute atomic E-state index is 0.107. The van der Waals surface area contributed by atoms with Crippen LogP contribution in [0.4, 0.5) is 10.5 Å². The fraction of sp³-hybridized carbons (Fsp3) is 0.150. The molecule has 2 aromatic rings. The van der Waals surface area contributed by atoms with E-state index in [1.807, 2.05) is 6.92 Å². The third-order valence-electron chi connectivity index (χ3n) is 3.93. The molecule has 3 rings (SSSR count). The van der Waals surface area contributed by atoms with Crippen molar-refractivity contribution in [1.29, 1.82) is 0 Å². The molecule has 27 heavy (non-hydrogen) atoms. The van der Waals surface area contributed by atoms with Crippen LogP contribution in [0.1, 0.15) is 11.1 Å². The fourth-order valence-corrected chi connectivity index (χ4v) is 2.73. The van der Waals surface area contributed by atoms with Crippen LogP contribution < -0.4 is 15.0 Å². The van der Waals surface area contributed by atoms with E-state index in [2.05, 4.69) is 21.2 Å². The number of nitrogens with zero attached hydrogens (tertiary/aromatic N) is 1. The van der Waals surface area contributed by atoms with E-state index >= 15 is 0 Å². The highest BCUT2D eigenvalue weighted by molar-refractivity contribution is 9.09. The first-order valence-corrected chi connectivity index (χ1v) is 9.38. The molecule has 1 saturated heterocycles. The van der Waals surface area contributed by atoms with Crippen LogP contribution in [0.25, 0.3) is 6.08 Å². The standard InChI is InChI=1S/C20H17BrN2O4/c1-13-2-6-15(7-3-13)23-19(25)17(18(24)22-20(23)26)12-14-4-8-16(9-5-14)27-11-10-21/h2-9,12H,10-11H2,1H3,(H,22,24,26)/b17-12-. The number of hydrogen-bond donors (Lipinski definition) is 1. The van der Waals surface area contributed by atoms with Crippen molar-refractivity contribution in [2.75, 3.05) is 16.8 Å². The van der Waals surface area contributed by atoms with Gasteiger partial charge < -0.3 is 4.74 Å². The predicted molar refractivity (Wildman–Crippen MR) is 106 cm³/mol. The number of aryl methyl sites for hydroxylation is 1. The molecule has 0 atom stereocenters. The number of nitrogens with one attached hydrogen (secondary N) is 1. The smallest absolute Gasteiger partial charge is 0.335 e. The Morgan fingerprint density at radius 3 is 2.33 bits per heavy atom. The van der Waals surface area contributed by atoms with Gasteiger partial charge >= 0.3 is 6.03 Å². The molecule has 1 aliphatic rings. The highest BCUT2D eigenvalue weighted by Crippen LogP contribution is 2.23. The number of anilines is 1. The number of imide groups is 2. The summed E-state index contributed by atoms with van der Waals surface area (Å²) in [5.74, 6) is -0.687. The molecule has 0 radical (unpaired) electrons. The molecule has 1 N–H and O–H groups in total. The summed E-state index contributed by atoms with van der Waals surface area (Å²) in [6.45, 7) is 2.44. The van der Waals surface area contributed by atoms with Gasteiger partial charge in [-0.2, -0.15) is 0 Å². The second-order valence-corrected chi connectivity index (χ2v) is 6.69. The van der Waals surface area contributed by atoms with E-state index in [4.69, 9.17) is 4.74 Å². The third-order valence-corrected chi connectivity index (χ3v) is 4.25. The first kappa shape index (κ1) is 18.8. The number of carbonyl (C=O) groups excluding carboxylic acids is 3. The van der Waals surface area contributed by atoms with E-state index in [1.165, 1.54) is 6.08 Å². The van der Waals surface area contributed by atoms with Crippen molar-refractivity contribution >= 4 is 45.5 Å². The van der Waals surface area contributed by atoms with Gasteiger partial charge in [0.1, 0.15) is 11.3 Å². The molecular formula is C20H17BrN2O4. The Kier molecular flexibility index (Phi) is 5.71. The summed E-state index contributed by atoms with van der Waals surface area (Å²) in [6, 6.07) is 13.1. The van der Waals surface area contributed by atoms with Gasteiger partial charge in [0.2, 0.25) is 0 Å². The maximum Gasteiger partial charge on any atom is 0.335 e. The lowest BCUT2D eigenvalue weighted by atomic mass is 10.1. The summed E-state index contributed by atoms with van der Waals surface area (Å²) < 4.78 is 5.47. The number of alkyl halides is 1. The Balaban J connectivity index is 1.88. The van der Waals surface area contributed by atoms with Gasteiger partial charge in [-0.15, -0.1) is 0 Å². The SMILES string of the molecule is Cc1ccc(N2C(=O)NC(=O)/C(=C/c3ccc(OCCBr)cc3)C2=O)cc1. The number of benzene rings is 2. The lowest BCUT2D eigenvalue weighted by Gasteiger charge is -2.26. The molecule has 1 fully saturated rings. The molecule has 0 bridgehead atoms. The molecule has 7 heteroatoms. The highest BCUT2D eigenvalue weighted by atomic mass is 79.9. The van der Waals surface area contributed by atoms with E-state index < -0.39 is 17.8 Å². The minimum atomic E-state index is -0.760. The second-order valence-electron chi connectivity index (χ2n) is 5.90. The summed E-state index contributed by atoms with van der Waals surface area (Å²) in [6.07, 6.45) is 1.46. The zero-order chi connectivity index (χ0) is 19.4. The Morgan fingerprint density at radius 1 is 1.04 bits per heavy atom. The number of amides is 4. The summed E-state index contributed by atoms with van der Waals surface area (Å²) >= 11 is 3.29. The summed E-state index contributed by atoms with van der Waals surface area (Å²) in [7, 11) is 0. The van der Waals surface area contributed by atoms with Crippen LogP contribution in [0.15, 0.2) is 54.1 Å². The van der Waals surface area contributed by atoms with Crippen molar-refractivity contribution in [1.82, 2.24) is 5.32 Å². The van der Waals surface area contributed by atoms with Crippen molar-refractivity contribution in [2.45, 2.75) is 6.92 Å². The van der Waals surface area contributed by atoms with Crippen molar-refractivity contribution in [3.8, 4) is 5.75 Å². The zero-order valence-corrected chi connectivity index (χ0v) is 16.2. The number of carbonyl (C=O) groups is 3. The molecule has 4 amide bonds. The van der Waals surface area contributed by atoms with Crippen molar-refractivity contribution in [3.05, 3.63) is 65.2 Å². The summed E-state index contributed by atoms with van der Waals surface area (Å²) in [4.78, 5) is 38.1. The number of ether oxygens (including phenoxy) is 1. The quantitative estimate of drug-likeness (QED) is 0.449. The molecule has 0 saturated carbocycles. The normalized spacial score (nSPS) is 15.9. The van der Waals surface area contributed by atoms with Crippen LogP contribution in [-0.2, 0) is 9.59 Å².